The Morgan fingerprint density at radius 1 is 1.21 bits per heavy atom. The van der Waals surface area contributed by atoms with Crippen LogP contribution >= 0.6 is 0 Å². The molecule has 0 bridgehead atoms. The van der Waals surface area contributed by atoms with E-state index < -0.39 is 10.0 Å². The molecule has 0 amide bonds. The molecular formula is C23H25NO2SW. The summed E-state index contributed by atoms with van der Waals surface area (Å²) in [6.45, 7) is 8.27. The summed E-state index contributed by atoms with van der Waals surface area (Å²) in [7, 11) is -3.68. The molecule has 0 saturated carbocycles. The number of rotatable bonds is 7. The molecule has 0 N–H and O–H groups in total. The van der Waals surface area contributed by atoms with Gasteiger partial charge in [-0.2, -0.15) is 0 Å². The molecule has 3 nitrogen and oxygen atoms in total. The van der Waals surface area contributed by atoms with Gasteiger partial charge >= 0.3 is 180 Å². The first-order valence-electron chi connectivity index (χ1n) is 9.32. The predicted octanol–water partition coefficient (Wildman–Crippen LogP) is 4.62. The molecule has 1 aliphatic rings. The summed E-state index contributed by atoms with van der Waals surface area (Å²) in [5.74, 6) is 0. The van der Waals surface area contributed by atoms with E-state index in [9.17, 15) is 8.42 Å². The van der Waals surface area contributed by atoms with E-state index in [0.29, 0.717) is 6.54 Å². The van der Waals surface area contributed by atoms with Crippen LogP contribution in [0.5, 0.6) is 0 Å². The number of aryl methyl sites for hydroxylation is 2. The molecule has 1 aliphatic carbocycles. The van der Waals surface area contributed by atoms with Crippen LogP contribution in [0, 0.1) is 6.92 Å². The Morgan fingerprint density at radius 2 is 1.93 bits per heavy atom. The van der Waals surface area contributed by atoms with E-state index >= 15 is 0 Å². The second-order valence-corrected chi connectivity index (χ2v) is 11.5. The van der Waals surface area contributed by atoms with Crippen molar-refractivity contribution < 1.29 is 27.8 Å². The fourth-order valence-electron chi connectivity index (χ4n) is 3.60. The minimum atomic E-state index is -3.68. The third-order valence-corrected chi connectivity index (χ3v) is 7.31. The molecule has 0 aromatic heterocycles. The summed E-state index contributed by atoms with van der Waals surface area (Å²) < 4.78 is 29.7. The van der Waals surface area contributed by atoms with Crippen LogP contribution in [0.2, 0.25) is 0 Å². The SMILES string of the molecule is C=C(C=C[C](C)=[W])S(=O)(=O)N(Cc1ccccc1)C1CCc2cc(C)ccc21. The van der Waals surface area contributed by atoms with Crippen molar-refractivity contribution in [3.8, 4) is 0 Å². The topological polar surface area (TPSA) is 37.4 Å². The van der Waals surface area contributed by atoms with Gasteiger partial charge in [-0.25, -0.2) is 0 Å². The van der Waals surface area contributed by atoms with Crippen molar-refractivity contribution in [3.05, 3.63) is 94.4 Å². The van der Waals surface area contributed by atoms with Gasteiger partial charge < -0.3 is 0 Å². The average Bonchev–Trinajstić information content (AvgIpc) is 3.07. The Labute approximate surface area is 179 Å². The van der Waals surface area contributed by atoms with E-state index in [1.807, 2.05) is 43.3 Å². The van der Waals surface area contributed by atoms with Gasteiger partial charge in [-0.15, -0.1) is 0 Å². The van der Waals surface area contributed by atoms with Gasteiger partial charge in [-0.05, 0) is 0 Å². The second-order valence-electron chi connectivity index (χ2n) is 7.20. The first-order valence-corrected chi connectivity index (χ1v) is 12.2. The predicted molar refractivity (Wildman–Crippen MR) is 112 cm³/mol. The van der Waals surface area contributed by atoms with Crippen molar-refractivity contribution in [1.29, 1.82) is 0 Å². The van der Waals surface area contributed by atoms with E-state index in [2.05, 4.69) is 31.7 Å². The Bertz CT molecular complexity index is 1030. The van der Waals surface area contributed by atoms with Crippen LogP contribution in [-0.4, -0.2) is 16.6 Å². The molecule has 146 valence electrons. The summed E-state index contributed by atoms with van der Waals surface area (Å²) >= 11 is 1.32. The molecular weight excluding hydrogens is 538 g/mol. The van der Waals surface area contributed by atoms with Gasteiger partial charge in [0.05, 0.1) is 0 Å². The molecule has 1 unspecified atom stereocenters. The summed E-state index contributed by atoms with van der Waals surface area (Å²) in [6, 6.07) is 15.9. The van der Waals surface area contributed by atoms with E-state index in [-0.39, 0.29) is 10.9 Å². The minimum absolute atomic E-state index is 0.143. The van der Waals surface area contributed by atoms with E-state index in [0.717, 1.165) is 27.9 Å². The van der Waals surface area contributed by atoms with Crippen molar-refractivity contribution in [3.63, 3.8) is 0 Å². The number of allylic oxidation sites excluding steroid dienone is 2. The molecule has 0 aliphatic heterocycles. The van der Waals surface area contributed by atoms with Gasteiger partial charge in [-0.3, -0.25) is 0 Å². The number of nitrogens with zero attached hydrogens (tertiary/aromatic N) is 1. The average molecular weight is 563 g/mol. The molecule has 5 heteroatoms. The molecule has 0 saturated heterocycles. The summed E-state index contributed by atoms with van der Waals surface area (Å²) in [4.78, 5) is 0.143. The van der Waals surface area contributed by atoms with Crippen LogP contribution in [-0.2, 0) is 42.3 Å². The van der Waals surface area contributed by atoms with Crippen LogP contribution in [0.15, 0.2) is 72.2 Å². The van der Waals surface area contributed by atoms with Crippen molar-refractivity contribution in [2.45, 2.75) is 39.3 Å². The van der Waals surface area contributed by atoms with Crippen LogP contribution in [0.25, 0.3) is 0 Å². The molecule has 3 rings (SSSR count). The Balaban J connectivity index is 2.02. The van der Waals surface area contributed by atoms with E-state index in [1.54, 1.807) is 10.4 Å². The fourth-order valence-corrected chi connectivity index (χ4v) is 5.25. The van der Waals surface area contributed by atoms with Crippen molar-refractivity contribution in [1.82, 2.24) is 4.31 Å². The van der Waals surface area contributed by atoms with Crippen LogP contribution in [0.3, 0.4) is 0 Å². The maximum absolute atomic E-state index is 13.5. The number of fused-ring (bicyclic) bond motifs is 1. The Morgan fingerprint density at radius 3 is 2.61 bits per heavy atom. The zero-order chi connectivity index (χ0) is 20.3. The first kappa shape index (κ1) is 21.1. The molecule has 1 atom stereocenters. The fraction of sp³-hybridized carbons (Fsp3) is 0.261. The summed E-state index contributed by atoms with van der Waals surface area (Å²) in [5, 5.41) is 0. The van der Waals surface area contributed by atoms with Gasteiger partial charge in [0.15, 0.2) is 0 Å². The first-order chi connectivity index (χ1) is 13.3. The van der Waals surface area contributed by atoms with Gasteiger partial charge in [0.2, 0.25) is 0 Å². The monoisotopic (exact) mass is 563 g/mol. The van der Waals surface area contributed by atoms with Crippen molar-refractivity contribution in [2.24, 2.45) is 0 Å². The molecule has 0 radical (unpaired) electrons. The summed E-state index contributed by atoms with van der Waals surface area (Å²) in [6.07, 6.45) is 5.16. The van der Waals surface area contributed by atoms with Crippen molar-refractivity contribution >= 4 is 13.9 Å². The number of benzene rings is 2. The molecule has 0 fully saturated rings. The number of hydrogen-bond donors (Lipinski definition) is 0. The van der Waals surface area contributed by atoms with Crippen LogP contribution < -0.4 is 0 Å². The van der Waals surface area contributed by atoms with Gasteiger partial charge in [0.1, 0.15) is 0 Å². The van der Waals surface area contributed by atoms with Crippen LogP contribution in [0.1, 0.15) is 41.6 Å². The zero-order valence-electron chi connectivity index (χ0n) is 16.3. The summed E-state index contributed by atoms with van der Waals surface area (Å²) in [5.41, 5.74) is 4.55. The maximum atomic E-state index is 13.5. The molecule has 2 aromatic rings. The Kier molecular flexibility index (Phi) is 6.64. The van der Waals surface area contributed by atoms with Crippen molar-refractivity contribution in [2.75, 3.05) is 0 Å². The molecule has 2 aromatic carbocycles. The van der Waals surface area contributed by atoms with Gasteiger partial charge in [-0.1, -0.05) is 0 Å². The quantitative estimate of drug-likeness (QED) is 0.462. The Hall–Kier alpha value is -1.61. The standard InChI is InChI=1S/C23H25NO2S.W/c1-4-5-9-19(3)27(25,26)24(17-20-10-7-6-8-11-20)23-15-13-21-16-18(2)12-14-22(21)23;/h5-12,14,16,23H,3,13,15,17H2,1-2H3;. The van der Waals surface area contributed by atoms with Crippen LogP contribution in [0.4, 0.5) is 0 Å². The van der Waals surface area contributed by atoms with Gasteiger partial charge in [0.25, 0.3) is 0 Å². The molecule has 0 spiro atoms. The van der Waals surface area contributed by atoms with Gasteiger partial charge in [0, 0.05) is 0 Å². The third-order valence-electron chi connectivity index (χ3n) is 5.02. The third kappa shape index (κ3) is 4.68. The van der Waals surface area contributed by atoms with E-state index in [4.69, 9.17) is 0 Å². The molecule has 0 heterocycles. The molecule has 28 heavy (non-hydrogen) atoms. The van der Waals surface area contributed by atoms with E-state index in [1.165, 1.54) is 30.5 Å². The normalized spacial score (nSPS) is 16.5. The number of hydrogen-bond acceptors (Lipinski definition) is 2. The number of sulfonamides is 1. The zero-order valence-corrected chi connectivity index (χ0v) is 20.0. The second kappa shape index (κ2) is 8.82.